The molecule has 110 valence electrons. The summed E-state index contributed by atoms with van der Waals surface area (Å²) in [4.78, 5) is 16.4. The fourth-order valence-corrected chi connectivity index (χ4v) is 3.40. The molecule has 2 unspecified atom stereocenters. The van der Waals surface area contributed by atoms with Crippen molar-refractivity contribution in [3.8, 4) is 0 Å². The minimum absolute atomic E-state index is 0.0482. The lowest BCUT2D eigenvalue weighted by atomic mass is 9.81. The fourth-order valence-electron chi connectivity index (χ4n) is 3.40. The van der Waals surface area contributed by atoms with Crippen LogP contribution in [0.25, 0.3) is 0 Å². The SMILES string of the molecule is CC1CCCC(CCNc2nccn(C3CC3)c2=O)C1. The van der Waals surface area contributed by atoms with Gasteiger partial charge < -0.3 is 9.88 Å². The Bertz CT molecular complexity index is 507. The molecule has 1 N–H and O–H groups in total. The third-order valence-electron chi connectivity index (χ3n) is 4.70. The van der Waals surface area contributed by atoms with E-state index in [2.05, 4.69) is 17.2 Å². The van der Waals surface area contributed by atoms with Crippen molar-refractivity contribution in [3.63, 3.8) is 0 Å². The highest BCUT2D eigenvalue weighted by atomic mass is 16.1. The Morgan fingerprint density at radius 2 is 2.20 bits per heavy atom. The Kier molecular flexibility index (Phi) is 4.08. The third kappa shape index (κ3) is 3.22. The minimum atomic E-state index is 0.0482. The molecule has 0 amide bonds. The molecule has 3 rings (SSSR count). The smallest absolute Gasteiger partial charge is 0.293 e. The lowest BCUT2D eigenvalue weighted by molar-refractivity contribution is 0.274. The molecule has 0 spiro atoms. The summed E-state index contributed by atoms with van der Waals surface area (Å²) in [6.07, 6.45) is 12.4. The summed E-state index contributed by atoms with van der Waals surface area (Å²) < 4.78 is 1.83. The average Bonchev–Trinajstić information content (AvgIpc) is 3.25. The Balaban J connectivity index is 1.53. The van der Waals surface area contributed by atoms with E-state index >= 15 is 0 Å². The summed E-state index contributed by atoms with van der Waals surface area (Å²) in [5.74, 6) is 2.22. The Morgan fingerprint density at radius 1 is 1.35 bits per heavy atom. The Morgan fingerprint density at radius 3 is 2.95 bits per heavy atom. The highest BCUT2D eigenvalue weighted by Crippen LogP contribution is 2.33. The molecule has 2 aliphatic carbocycles. The quantitative estimate of drug-likeness (QED) is 0.897. The van der Waals surface area contributed by atoms with Crippen LogP contribution < -0.4 is 10.9 Å². The predicted octanol–water partition coefficient (Wildman–Crippen LogP) is 3.21. The zero-order chi connectivity index (χ0) is 13.9. The Hall–Kier alpha value is -1.32. The van der Waals surface area contributed by atoms with E-state index in [-0.39, 0.29) is 5.56 Å². The fraction of sp³-hybridized carbons (Fsp3) is 0.750. The molecule has 0 bridgehead atoms. The summed E-state index contributed by atoms with van der Waals surface area (Å²) in [6, 6.07) is 0.422. The van der Waals surface area contributed by atoms with Gasteiger partial charge in [-0.1, -0.05) is 26.2 Å². The van der Waals surface area contributed by atoms with E-state index < -0.39 is 0 Å². The van der Waals surface area contributed by atoms with Crippen LogP contribution in [0.2, 0.25) is 0 Å². The van der Waals surface area contributed by atoms with Crippen molar-refractivity contribution in [2.45, 2.75) is 57.9 Å². The summed E-state index contributed by atoms with van der Waals surface area (Å²) in [7, 11) is 0. The van der Waals surface area contributed by atoms with Crippen molar-refractivity contribution >= 4 is 5.82 Å². The molecule has 1 heterocycles. The van der Waals surface area contributed by atoms with E-state index in [9.17, 15) is 4.79 Å². The molecular weight excluding hydrogens is 250 g/mol. The molecular formula is C16H25N3O. The summed E-state index contributed by atoms with van der Waals surface area (Å²) in [6.45, 7) is 3.22. The first-order valence-electron chi connectivity index (χ1n) is 8.05. The van der Waals surface area contributed by atoms with Crippen LogP contribution in [0.4, 0.5) is 5.82 Å². The molecule has 4 nitrogen and oxygen atoms in total. The number of hydrogen-bond acceptors (Lipinski definition) is 3. The largest absolute Gasteiger partial charge is 0.365 e. The van der Waals surface area contributed by atoms with Gasteiger partial charge in [-0.3, -0.25) is 4.79 Å². The molecule has 0 saturated heterocycles. The molecule has 4 heteroatoms. The molecule has 2 fully saturated rings. The maximum Gasteiger partial charge on any atom is 0.293 e. The van der Waals surface area contributed by atoms with Crippen LogP contribution in [-0.4, -0.2) is 16.1 Å². The third-order valence-corrected chi connectivity index (χ3v) is 4.70. The second kappa shape index (κ2) is 5.98. The number of aromatic nitrogens is 2. The number of nitrogens with one attached hydrogen (secondary N) is 1. The van der Waals surface area contributed by atoms with Gasteiger partial charge in [0.1, 0.15) is 0 Å². The number of nitrogens with zero attached hydrogens (tertiary/aromatic N) is 2. The number of hydrogen-bond donors (Lipinski definition) is 1. The molecule has 0 aliphatic heterocycles. The van der Waals surface area contributed by atoms with Crippen LogP contribution >= 0.6 is 0 Å². The first-order chi connectivity index (χ1) is 9.74. The van der Waals surface area contributed by atoms with Crippen molar-refractivity contribution < 1.29 is 0 Å². The second-order valence-corrected chi connectivity index (χ2v) is 6.57. The maximum atomic E-state index is 12.2. The molecule has 2 atom stereocenters. The van der Waals surface area contributed by atoms with Gasteiger partial charge in [0.25, 0.3) is 5.56 Å². The highest BCUT2D eigenvalue weighted by Gasteiger charge is 2.25. The van der Waals surface area contributed by atoms with Crippen LogP contribution in [-0.2, 0) is 0 Å². The van der Waals surface area contributed by atoms with Gasteiger partial charge >= 0.3 is 0 Å². The summed E-state index contributed by atoms with van der Waals surface area (Å²) in [5, 5.41) is 3.25. The molecule has 20 heavy (non-hydrogen) atoms. The van der Waals surface area contributed by atoms with Gasteiger partial charge in [0.15, 0.2) is 5.82 Å². The molecule has 2 aliphatic rings. The molecule has 0 radical (unpaired) electrons. The lowest BCUT2D eigenvalue weighted by Crippen LogP contribution is -2.25. The predicted molar refractivity (Wildman–Crippen MR) is 81.0 cm³/mol. The first-order valence-corrected chi connectivity index (χ1v) is 8.05. The standard InChI is InChI=1S/C16H25N3O/c1-12-3-2-4-13(11-12)7-8-17-15-16(20)19(10-9-18-15)14-5-6-14/h9-10,12-14H,2-8,11H2,1H3,(H,17,18). The van der Waals surface area contributed by atoms with Gasteiger partial charge in [-0.15, -0.1) is 0 Å². The molecule has 1 aromatic rings. The summed E-state index contributed by atoms with van der Waals surface area (Å²) in [5.41, 5.74) is 0.0482. The van der Waals surface area contributed by atoms with Gasteiger partial charge in [0, 0.05) is 25.0 Å². The van der Waals surface area contributed by atoms with E-state index in [1.807, 2.05) is 10.8 Å². The van der Waals surface area contributed by atoms with Gasteiger partial charge in [-0.2, -0.15) is 0 Å². The van der Waals surface area contributed by atoms with E-state index in [0.29, 0.717) is 11.9 Å². The van der Waals surface area contributed by atoms with Gasteiger partial charge in [-0.05, 0) is 37.5 Å². The first kappa shape index (κ1) is 13.7. The van der Waals surface area contributed by atoms with E-state index in [0.717, 1.165) is 37.6 Å². The monoisotopic (exact) mass is 275 g/mol. The highest BCUT2D eigenvalue weighted by molar-refractivity contribution is 5.31. The van der Waals surface area contributed by atoms with Gasteiger partial charge in [-0.25, -0.2) is 4.98 Å². The lowest BCUT2D eigenvalue weighted by Gasteiger charge is -2.26. The van der Waals surface area contributed by atoms with E-state index in [1.54, 1.807) is 6.20 Å². The van der Waals surface area contributed by atoms with Crippen molar-refractivity contribution in [1.82, 2.24) is 9.55 Å². The second-order valence-electron chi connectivity index (χ2n) is 6.57. The minimum Gasteiger partial charge on any atom is -0.365 e. The molecule has 0 aromatic carbocycles. The van der Waals surface area contributed by atoms with Crippen molar-refractivity contribution in [2.75, 3.05) is 11.9 Å². The van der Waals surface area contributed by atoms with Crippen molar-refractivity contribution in [2.24, 2.45) is 11.8 Å². The van der Waals surface area contributed by atoms with Gasteiger partial charge in [0.2, 0.25) is 0 Å². The molecule has 2 saturated carbocycles. The van der Waals surface area contributed by atoms with Crippen LogP contribution in [0.3, 0.4) is 0 Å². The van der Waals surface area contributed by atoms with Gasteiger partial charge in [0.05, 0.1) is 0 Å². The topological polar surface area (TPSA) is 46.9 Å². The van der Waals surface area contributed by atoms with Crippen molar-refractivity contribution in [3.05, 3.63) is 22.7 Å². The number of anilines is 1. The normalized spacial score (nSPS) is 26.4. The summed E-state index contributed by atoms with van der Waals surface area (Å²) >= 11 is 0. The van der Waals surface area contributed by atoms with Crippen LogP contribution in [0, 0.1) is 11.8 Å². The van der Waals surface area contributed by atoms with Crippen molar-refractivity contribution in [1.29, 1.82) is 0 Å². The number of rotatable bonds is 5. The average molecular weight is 275 g/mol. The Labute approximate surface area is 120 Å². The molecule has 1 aromatic heterocycles. The van der Waals surface area contributed by atoms with Crippen LogP contribution in [0.15, 0.2) is 17.2 Å². The van der Waals surface area contributed by atoms with Crippen LogP contribution in [0.1, 0.15) is 57.9 Å². The zero-order valence-corrected chi connectivity index (χ0v) is 12.3. The van der Waals surface area contributed by atoms with E-state index in [1.165, 1.54) is 25.7 Å². The van der Waals surface area contributed by atoms with Crippen LogP contribution in [0.5, 0.6) is 0 Å². The van der Waals surface area contributed by atoms with E-state index in [4.69, 9.17) is 0 Å². The maximum absolute atomic E-state index is 12.2. The zero-order valence-electron chi connectivity index (χ0n) is 12.3.